The topological polar surface area (TPSA) is 82.5 Å². The zero-order valence-corrected chi connectivity index (χ0v) is 14.0. The largest absolute Gasteiger partial charge is 0.339 e. The maximum absolute atomic E-state index is 12.9. The van der Waals surface area contributed by atoms with Crippen molar-refractivity contribution < 1.29 is 9.18 Å². The Kier molecular flexibility index (Phi) is 4.75. The molecule has 1 aromatic carbocycles. The molecule has 0 fully saturated rings. The molecule has 4 N–H and O–H groups in total. The molecule has 2 heterocycles. The standard InChI is InChI=1S/C16H15FN6OS/c1-10-14(23-9-3-2-4-13(23)18-10)20-15(24)21-22-16(25)19-12-7-5-11(17)6-8-12/h2-9H,1H3,(H2,19,22,25)(H2,20,21,24). The van der Waals surface area contributed by atoms with E-state index in [4.69, 9.17) is 12.2 Å². The number of carbonyl (C=O) groups is 1. The highest BCUT2D eigenvalue weighted by Crippen LogP contribution is 2.16. The normalized spacial score (nSPS) is 10.3. The van der Waals surface area contributed by atoms with Gasteiger partial charge in [0.2, 0.25) is 0 Å². The van der Waals surface area contributed by atoms with Crippen LogP contribution in [0.1, 0.15) is 5.69 Å². The van der Waals surface area contributed by atoms with Crippen LogP contribution in [0, 0.1) is 12.7 Å². The fourth-order valence-electron chi connectivity index (χ4n) is 2.21. The maximum atomic E-state index is 12.9. The van der Waals surface area contributed by atoms with E-state index in [1.54, 1.807) is 17.5 Å². The molecule has 0 aliphatic carbocycles. The SMILES string of the molecule is Cc1nc2ccccn2c1NC(=O)NNC(=S)Nc1ccc(F)cc1. The Bertz CT molecular complexity index is 924. The Morgan fingerprint density at radius 2 is 1.88 bits per heavy atom. The number of imidazole rings is 1. The van der Waals surface area contributed by atoms with E-state index in [9.17, 15) is 9.18 Å². The molecule has 0 atom stereocenters. The number of carbonyl (C=O) groups excluding carboxylic acids is 1. The molecular weight excluding hydrogens is 343 g/mol. The fraction of sp³-hybridized carbons (Fsp3) is 0.0625. The summed E-state index contributed by atoms with van der Waals surface area (Å²) in [4.78, 5) is 16.4. The number of pyridine rings is 1. The summed E-state index contributed by atoms with van der Waals surface area (Å²) in [6.45, 7) is 1.80. The summed E-state index contributed by atoms with van der Waals surface area (Å²) in [5.74, 6) is 0.220. The van der Waals surface area contributed by atoms with Crippen LogP contribution in [0.2, 0.25) is 0 Å². The van der Waals surface area contributed by atoms with Crippen LogP contribution < -0.4 is 21.5 Å². The zero-order valence-electron chi connectivity index (χ0n) is 13.2. The Labute approximate surface area is 148 Å². The second-order valence-electron chi connectivity index (χ2n) is 5.14. The maximum Gasteiger partial charge on any atom is 0.339 e. The lowest BCUT2D eigenvalue weighted by atomic mass is 10.3. The molecule has 0 saturated carbocycles. The molecule has 7 nitrogen and oxygen atoms in total. The minimum atomic E-state index is -0.503. The predicted molar refractivity (Wildman–Crippen MR) is 97.8 cm³/mol. The first kappa shape index (κ1) is 16.7. The predicted octanol–water partition coefficient (Wildman–Crippen LogP) is 2.80. The molecule has 2 amide bonds. The Morgan fingerprint density at radius 1 is 1.12 bits per heavy atom. The molecule has 0 aliphatic heterocycles. The van der Waals surface area contributed by atoms with Crippen molar-refractivity contribution in [3.8, 4) is 0 Å². The first-order valence-electron chi connectivity index (χ1n) is 7.36. The van der Waals surface area contributed by atoms with Crippen molar-refractivity contribution in [2.45, 2.75) is 6.92 Å². The lowest BCUT2D eigenvalue weighted by Crippen LogP contribution is -2.45. The first-order chi connectivity index (χ1) is 12.0. The summed E-state index contributed by atoms with van der Waals surface area (Å²) in [5, 5.41) is 5.69. The smallest absolute Gasteiger partial charge is 0.331 e. The lowest BCUT2D eigenvalue weighted by Gasteiger charge is -2.12. The van der Waals surface area contributed by atoms with Gasteiger partial charge in [-0.2, -0.15) is 0 Å². The van der Waals surface area contributed by atoms with Gasteiger partial charge in [0.1, 0.15) is 17.3 Å². The van der Waals surface area contributed by atoms with Crippen molar-refractivity contribution >= 4 is 40.5 Å². The van der Waals surface area contributed by atoms with Gasteiger partial charge < -0.3 is 5.32 Å². The molecule has 3 aromatic rings. The number of nitrogens with zero attached hydrogens (tertiary/aromatic N) is 2. The van der Waals surface area contributed by atoms with Crippen molar-refractivity contribution in [1.29, 1.82) is 0 Å². The number of halogens is 1. The Balaban J connectivity index is 1.56. The number of thiocarbonyl (C=S) groups is 1. The van der Waals surface area contributed by atoms with Gasteiger partial charge in [0.25, 0.3) is 0 Å². The molecule has 0 unspecified atom stereocenters. The van der Waals surface area contributed by atoms with E-state index in [2.05, 4.69) is 26.5 Å². The van der Waals surface area contributed by atoms with E-state index in [-0.39, 0.29) is 10.9 Å². The van der Waals surface area contributed by atoms with Crippen LogP contribution in [-0.4, -0.2) is 20.5 Å². The van der Waals surface area contributed by atoms with Gasteiger partial charge in [0.15, 0.2) is 5.11 Å². The van der Waals surface area contributed by atoms with Gasteiger partial charge in [-0.25, -0.2) is 19.6 Å². The van der Waals surface area contributed by atoms with Gasteiger partial charge in [-0.3, -0.25) is 15.1 Å². The van der Waals surface area contributed by atoms with E-state index in [0.29, 0.717) is 17.2 Å². The molecule has 2 aromatic heterocycles. The number of hydrazine groups is 1. The van der Waals surface area contributed by atoms with Crippen LogP contribution in [0.4, 0.5) is 20.7 Å². The van der Waals surface area contributed by atoms with Crippen LogP contribution in [0.3, 0.4) is 0 Å². The van der Waals surface area contributed by atoms with E-state index in [1.807, 2.05) is 18.2 Å². The van der Waals surface area contributed by atoms with Crippen molar-refractivity contribution in [2.24, 2.45) is 0 Å². The molecule has 25 heavy (non-hydrogen) atoms. The molecule has 0 aliphatic rings. The summed E-state index contributed by atoms with van der Waals surface area (Å²) in [6, 6.07) is 10.7. The lowest BCUT2D eigenvalue weighted by molar-refractivity contribution is 0.250. The van der Waals surface area contributed by atoms with E-state index in [0.717, 1.165) is 5.65 Å². The molecular formula is C16H15FN6OS. The van der Waals surface area contributed by atoms with Crippen LogP contribution in [0.25, 0.3) is 5.65 Å². The number of anilines is 2. The number of rotatable bonds is 2. The van der Waals surface area contributed by atoms with Crippen molar-refractivity contribution in [1.82, 2.24) is 20.2 Å². The van der Waals surface area contributed by atoms with E-state index < -0.39 is 6.03 Å². The highest BCUT2D eigenvalue weighted by Gasteiger charge is 2.11. The first-order valence-corrected chi connectivity index (χ1v) is 7.77. The van der Waals surface area contributed by atoms with Crippen LogP contribution >= 0.6 is 12.2 Å². The number of urea groups is 1. The van der Waals surface area contributed by atoms with Crippen LogP contribution in [-0.2, 0) is 0 Å². The number of hydrogen-bond donors (Lipinski definition) is 4. The third-order valence-corrected chi connectivity index (χ3v) is 3.53. The Morgan fingerprint density at radius 3 is 2.64 bits per heavy atom. The number of aromatic nitrogens is 2. The summed E-state index contributed by atoms with van der Waals surface area (Å²) in [6.07, 6.45) is 1.80. The average molecular weight is 358 g/mol. The van der Waals surface area contributed by atoms with Gasteiger partial charge in [0.05, 0.1) is 5.69 Å². The fourth-order valence-corrected chi connectivity index (χ4v) is 2.38. The summed E-state index contributed by atoms with van der Waals surface area (Å²) >= 11 is 5.06. The third kappa shape index (κ3) is 4.01. The van der Waals surface area contributed by atoms with Crippen LogP contribution in [0.15, 0.2) is 48.7 Å². The highest BCUT2D eigenvalue weighted by molar-refractivity contribution is 7.80. The number of amides is 2. The van der Waals surface area contributed by atoms with Crippen LogP contribution in [0.5, 0.6) is 0 Å². The molecule has 128 valence electrons. The number of fused-ring (bicyclic) bond motifs is 1. The van der Waals surface area contributed by atoms with Gasteiger partial charge in [-0.05, 0) is 55.5 Å². The third-order valence-electron chi connectivity index (χ3n) is 3.33. The van der Waals surface area contributed by atoms with Gasteiger partial charge in [-0.15, -0.1) is 0 Å². The minimum Gasteiger partial charge on any atom is -0.331 e. The van der Waals surface area contributed by atoms with Crippen molar-refractivity contribution in [3.63, 3.8) is 0 Å². The molecule has 0 bridgehead atoms. The zero-order chi connectivity index (χ0) is 17.8. The minimum absolute atomic E-state index is 0.164. The summed E-state index contributed by atoms with van der Waals surface area (Å²) < 4.78 is 14.6. The molecule has 0 saturated heterocycles. The quantitative estimate of drug-likeness (QED) is 0.418. The number of benzene rings is 1. The summed E-state index contributed by atoms with van der Waals surface area (Å²) in [5.41, 5.74) is 7.00. The Hall–Kier alpha value is -3.20. The van der Waals surface area contributed by atoms with Gasteiger partial charge >= 0.3 is 6.03 Å². The molecule has 9 heteroatoms. The van der Waals surface area contributed by atoms with Crippen molar-refractivity contribution in [3.05, 3.63) is 60.2 Å². The second kappa shape index (κ2) is 7.14. The summed E-state index contributed by atoms with van der Waals surface area (Å²) in [7, 11) is 0. The number of aryl methyl sites for hydroxylation is 1. The average Bonchev–Trinajstić information content (AvgIpc) is 2.91. The highest BCUT2D eigenvalue weighted by atomic mass is 32.1. The van der Waals surface area contributed by atoms with E-state index in [1.165, 1.54) is 24.3 Å². The van der Waals surface area contributed by atoms with Crippen molar-refractivity contribution in [2.75, 3.05) is 10.6 Å². The van der Waals surface area contributed by atoms with Gasteiger partial charge in [0, 0.05) is 11.9 Å². The molecule has 3 rings (SSSR count). The van der Waals surface area contributed by atoms with E-state index >= 15 is 0 Å². The monoisotopic (exact) mass is 358 g/mol. The number of nitrogens with one attached hydrogen (secondary N) is 4. The number of hydrogen-bond acceptors (Lipinski definition) is 3. The second-order valence-corrected chi connectivity index (χ2v) is 5.55. The molecule has 0 spiro atoms. The molecule has 0 radical (unpaired) electrons. The van der Waals surface area contributed by atoms with Gasteiger partial charge in [-0.1, -0.05) is 6.07 Å².